The van der Waals surface area contributed by atoms with E-state index >= 15 is 0 Å². The molecule has 0 aliphatic heterocycles. The molecule has 0 radical (unpaired) electrons. The van der Waals surface area contributed by atoms with E-state index in [9.17, 15) is 9.13 Å². The van der Waals surface area contributed by atoms with Gasteiger partial charge in [0.05, 0.1) is 0 Å². The maximum atomic E-state index is 13.9. The van der Waals surface area contributed by atoms with E-state index in [1.54, 1.807) is 27.7 Å². The first-order valence-corrected chi connectivity index (χ1v) is 16.9. The first-order chi connectivity index (χ1) is 15.4. The molecular weight excluding hydrogens is 513 g/mol. The fourth-order valence-electron chi connectivity index (χ4n) is 3.52. The zero-order chi connectivity index (χ0) is 23.9. The second-order valence-electron chi connectivity index (χ2n) is 7.37. The molecule has 1 aromatic rings. The summed E-state index contributed by atoms with van der Waals surface area (Å²) in [5, 5.41) is -0.934. The van der Waals surface area contributed by atoms with E-state index in [-0.39, 0.29) is 46.2 Å². The summed E-state index contributed by atoms with van der Waals surface area (Å²) in [7, 11) is -7.43. The molecule has 0 amide bonds. The molecule has 0 N–H and O–H groups in total. The Morgan fingerprint density at radius 3 is 1.69 bits per heavy atom. The summed E-state index contributed by atoms with van der Waals surface area (Å²) in [6.45, 7) is 10.1. The molecule has 0 heterocycles. The maximum absolute atomic E-state index is 13.9. The van der Waals surface area contributed by atoms with Crippen LogP contribution >= 0.6 is 15.2 Å². The van der Waals surface area contributed by atoms with Crippen molar-refractivity contribution < 1.29 is 27.2 Å². The molecule has 0 fully saturated rings. The van der Waals surface area contributed by atoms with Gasteiger partial charge in [0.25, 0.3) is 0 Å². The molecule has 1 unspecified atom stereocenters. The number of hydrogen-bond acceptors (Lipinski definition) is 6. The van der Waals surface area contributed by atoms with Crippen LogP contribution in [-0.4, -0.2) is 46.8 Å². The van der Waals surface area contributed by atoms with Crippen LogP contribution < -0.4 is 4.46 Å². The van der Waals surface area contributed by atoms with Crippen LogP contribution in [0.1, 0.15) is 73.1 Å². The van der Waals surface area contributed by atoms with Crippen molar-refractivity contribution in [2.45, 2.75) is 83.4 Å². The topological polar surface area (TPSA) is 71.1 Å². The van der Waals surface area contributed by atoms with Gasteiger partial charge in [-0.3, -0.25) is 0 Å². The van der Waals surface area contributed by atoms with E-state index in [4.69, 9.17) is 18.1 Å². The Balaban J connectivity index is 3.30. The summed E-state index contributed by atoms with van der Waals surface area (Å²) in [4.78, 5) is 0.218. The minimum absolute atomic E-state index is 0.123. The molecular formula is C23H42O6P2Se. The summed E-state index contributed by atoms with van der Waals surface area (Å²) in [5.41, 5.74) is 0. The molecule has 0 aromatic heterocycles. The van der Waals surface area contributed by atoms with E-state index in [1.807, 2.05) is 18.2 Å². The van der Waals surface area contributed by atoms with Crippen molar-refractivity contribution in [2.75, 3.05) is 26.4 Å². The van der Waals surface area contributed by atoms with Gasteiger partial charge in [0.2, 0.25) is 0 Å². The van der Waals surface area contributed by atoms with Gasteiger partial charge < -0.3 is 0 Å². The first-order valence-electron chi connectivity index (χ1n) is 11.9. The second kappa shape index (κ2) is 16.6. The van der Waals surface area contributed by atoms with E-state index in [2.05, 4.69) is 19.1 Å². The monoisotopic (exact) mass is 556 g/mol. The molecule has 0 saturated carbocycles. The van der Waals surface area contributed by atoms with Gasteiger partial charge in [0, 0.05) is 0 Å². The van der Waals surface area contributed by atoms with E-state index in [0.29, 0.717) is 6.42 Å². The number of hydrogen-bond donors (Lipinski definition) is 0. The van der Waals surface area contributed by atoms with Gasteiger partial charge in [-0.25, -0.2) is 0 Å². The predicted molar refractivity (Wildman–Crippen MR) is 134 cm³/mol. The molecule has 0 spiro atoms. The van der Waals surface area contributed by atoms with Gasteiger partial charge in [-0.1, -0.05) is 0 Å². The third-order valence-electron chi connectivity index (χ3n) is 4.87. The molecule has 0 aliphatic carbocycles. The van der Waals surface area contributed by atoms with Gasteiger partial charge in [-0.15, -0.1) is 0 Å². The van der Waals surface area contributed by atoms with Crippen LogP contribution in [0.3, 0.4) is 0 Å². The van der Waals surface area contributed by atoms with Crippen molar-refractivity contribution in [3.8, 4) is 0 Å². The Morgan fingerprint density at radius 1 is 0.750 bits per heavy atom. The third kappa shape index (κ3) is 10.1. The molecule has 32 heavy (non-hydrogen) atoms. The van der Waals surface area contributed by atoms with Gasteiger partial charge in [0.1, 0.15) is 0 Å². The fourth-order valence-corrected chi connectivity index (χ4v) is 12.3. The summed E-state index contributed by atoms with van der Waals surface area (Å²) in [5.74, 6) is 0. The Labute approximate surface area is 201 Å². The van der Waals surface area contributed by atoms with Crippen molar-refractivity contribution >= 4 is 34.6 Å². The van der Waals surface area contributed by atoms with Crippen LogP contribution in [-0.2, 0) is 27.2 Å². The van der Waals surface area contributed by atoms with Gasteiger partial charge in [-0.05, 0) is 0 Å². The fraction of sp³-hybridized carbons (Fsp3) is 0.739. The van der Waals surface area contributed by atoms with Crippen LogP contribution in [0.25, 0.3) is 0 Å². The van der Waals surface area contributed by atoms with Crippen molar-refractivity contribution in [3.05, 3.63) is 30.3 Å². The van der Waals surface area contributed by atoms with Crippen molar-refractivity contribution in [3.63, 3.8) is 0 Å². The average molecular weight is 555 g/mol. The van der Waals surface area contributed by atoms with Crippen molar-refractivity contribution in [2.24, 2.45) is 0 Å². The molecule has 1 rings (SSSR count). The third-order valence-corrected chi connectivity index (χ3v) is 13.7. The van der Waals surface area contributed by atoms with Crippen LogP contribution in [0.2, 0.25) is 4.82 Å². The number of benzene rings is 1. The molecule has 0 bridgehead atoms. The average Bonchev–Trinajstić information content (AvgIpc) is 2.76. The zero-order valence-corrected chi connectivity index (χ0v) is 23.9. The van der Waals surface area contributed by atoms with E-state index in [1.165, 1.54) is 17.3 Å². The Morgan fingerprint density at radius 2 is 1.25 bits per heavy atom. The normalized spacial score (nSPS) is 13.6. The van der Waals surface area contributed by atoms with Crippen LogP contribution in [0, 0.1) is 0 Å². The first kappa shape index (κ1) is 30.1. The zero-order valence-electron chi connectivity index (χ0n) is 20.4. The molecule has 1 atom stereocenters. The molecule has 0 aliphatic rings. The van der Waals surface area contributed by atoms with Gasteiger partial charge in [-0.2, -0.15) is 0 Å². The summed E-state index contributed by atoms with van der Waals surface area (Å²) >= 11 is 0.123. The molecule has 1 aromatic carbocycles. The minimum atomic E-state index is -3.72. The van der Waals surface area contributed by atoms with E-state index in [0.717, 1.165) is 19.3 Å². The summed E-state index contributed by atoms with van der Waals surface area (Å²) < 4.78 is 51.8. The molecule has 186 valence electrons. The van der Waals surface area contributed by atoms with Gasteiger partial charge in [0.15, 0.2) is 0 Å². The quantitative estimate of drug-likeness (QED) is 0.104. The summed E-state index contributed by atoms with van der Waals surface area (Å²) in [6.07, 6.45) is 6.01. The van der Waals surface area contributed by atoms with E-state index < -0.39 is 20.6 Å². The Kier molecular flexibility index (Phi) is 15.6. The van der Waals surface area contributed by atoms with Gasteiger partial charge >= 0.3 is 202 Å². The van der Waals surface area contributed by atoms with Crippen LogP contribution in [0.15, 0.2) is 30.3 Å². The van der Waals surface area contributed by atoms with Crippen molar-refractivity contribution in [1.82, 2.24) is 0 Å². The molecule has 0 saturated heterocycles. The van der Waals surface area contributed by atoms with Crippen LogP contribution in [0.5, 0.6) is 0 Å². The number of unbranched alkanes of at least 4 members (excludes halogenated alkanes) is 3. The summed E-state index contributed by atoms with van der Waals surface area (Å²) in [6, 6.07) is 10.3. The van der Waals surface area contributed by atoms with Crippen molar-refractivity contribution in [1.29, 1.82) is 0 Å². The van der Waals surface area contributed by atoms with Crippen LogP contribution in [0.4, 0.5) is 0 Å². The Hall–Kier alpha value is 0.0395. The Bertz CT molecular complexity index is 653. The SMILES string of the molecule is CCCCCCC(CC(P(=O)(OCC)OCC)P(=O)(OCC)OCC)[Se]c1ccccc1. The molecule has 9 heteroatoms. The molecule has 6 nitrogen and oxygen atoms in total. The number of rotatable bonds is 19. The standard InChI is InChI=1S/C23H42O6P2Se/c1-6-11-12-14-19-22(32-21-17-15-13-16-18-21)20-23(30(24,26-7-2)27-8-3)31(25,28-9-4)29-10-5/h13,15-18,22-23H,6-12,14,19-20H2,1-5H3. The predicted octanol–water partition coefficient (Wildman–Crippen LogP) is 7.02. The second-order valence-corrected chi connectivity index (χ2v) is 15.1.